The van der Waals surface area contributed by atoms with Crippen LogP contribution in [0.15, 0.2) is 47.5 Å². The Kier molecular flexibility index (Phi) is 4.50. The summed E-state index contributed by atoms with van der Waals surface area (Å²) in [4.78, 5) is 29.3. The van der Waals surface area contributed by atoms with Gasteiger partial charge in [-0.15, -0.1) is 0 Å². The highest BCUT2D eigenvalue weighted by Crippen LogP contribution is 2.32. The minimum atomic E-state index is -0.319. The Balaban J connectivity index is 1.53. The maximum absolute atomic E-state index is 12.6. The zero-order valence-corrected chi connectivity index (χ0v) is 14.9. The van der Waals surface area contributed by atoms with Crippen LogP contribution in [0, 0.1) is 6.92 Å². The summed E-state index contributed by atoms with van der Waals surface area (Å²) in [5, 5.41) is 3.29. The summed E-state index contributed by atoms with van der Waals surface area (Å²) in [5.74, 6) is 0.946. The highest BCUT2D eigenvalue weighted by molar-refractivity contribution is 5.91. The maximum atomic E-state index is 12.6. The fourth-order valence-corrected chi connectivity index (χ4v) is 2.98. The lowest BCUT2D eigenvalue weighted by molar-refractivity contribution is -0.116. The predicted octanol–water partition coefficient (Wildman–Crippen LogP) is 2.50. The largest absolute Gasteiger partial charge is 0.490 e. The molecule has 0 spiro atoms. The Morgan fingerprint density at radius 2 is 1.96 bits per heavy atom. The summed E-state index contributed by atoms with van der Waals surface area (Å²) in [6.07, 6.45) is 2.21. The third-order valence-corrected chi connectivity index (χ3v) is 4.32. The van der Waals surface area contributed by atoms with E-state index in [9.17, 15) is 9.59 Å². The summed E-state index contributed by atoms with van der Waals surface area (Å²) >= 11 is 0. The molecule has 1 aromatic heterocycles. The number of amides is 1. The molecule has 7 heteroatoms. The molecule has 0 saturated carbocycles. The van der Waals surface area contributed by atoms with E-state index in [1.165, 1.54) is 10.9 Å². The molecule has 0 radical (unpaired) electrons. The summed E-state index contributed by atoms with van der Waals surface area (Å²) in [5.41, 5.74) is 1.93. The number of fused-ring (bicyclic) bond motifs is 2. The van der Waals surface area contributed by atoms with Crippen LogP contribution in [0.25, 0.3) is 10.9 Å². The number of aromatic nitrogens is 2. The van der Waals surface area contributed by atoms with Gasteiger partial charge in [0.1, 0.15) is 6.54 Å². The first kappa shape index (κ1) is 17.1. The molecule has 1 amide bonds. The molecule has 1 aliphatic rings. The molecular weight excluding hydrogens is 346 g/mol. The average Bonchev–Trinajstić information content (AvgIpc) is 2.89. The monoisotopic (exact) mass is 365 g/mol. The van der Waals surface area contributed by atoms with Gasteiger partial charge in [-0.05, 0) is 31.2 Å². The summed E-state index contributed by atoms with van der Waals surface area (Å²) in [7, 11) is 0. The van der Waals surface area contributed by atoms with E-state index in [0.717, 1.165) is 12.0 Å². The third kappa shape index (κ3) is 3.62. The number of anilines is 1. The predicted molar refractivity (Wildman–Crippen MR) is 101 cm³/mol. The Labute approximate surface area is 155 Å². The summed E-state index contributed by atoms with van der Waals surface area (Å²) < 4.78 is 12.5. The lowest BCUT2D eigenvalue weighted by Gasteiger charge is -2.11. The van der Waals surface area contributed by atoms with Crippen molar-refractivity contribution in [2.24, 2.45) is 0 Å². The number of hydrogen-bond donors (Lipinski definition) is 1. The minimum absolute atomic E-state index is 0.121. The van der Waals surface area contributed by atoms with Gasteiger partial charge in [0.2, 0.25) is 5.91 Å². The molecule has 0 atom stereocenters. The highest BCUT2D eigenvalue weighted by Gasteiger charge is 2.13. The summed E-state index contributed by atoms with van der Waals surface area (Å²) in [6.45, 7) is 2.97. The van der Waals surface area contributed by atoms with Gasteiger partial charge in [0.05, 0.1) is 30.4 Å². The number of aryl methyl sites for hydroxylation is 1. The lowest BCUT2D eigenvalue weighted by Crippen LogP contribution is -2.28. The van der Waals surface area contributed by atoms with Gasteiger partial charge >= 0.3 is 0 Å². The molecule has 4 rings (SSSR count). The van der Waals surface area contributed by atoms with E-state index >= 15 is 0 Å². The quantitative estimate of drug-likeness (QED) is 0.771. The van der Waals surface area contributed by atoms with Crippen LogP contribution in [-0.4, -0.2) is 28.7 Å². The molecule has 138 valence electrons. The van der Waals surface area contributed by atoms with Crippen molar-refractivity contribution in [2.75, 3.05) is 18.5 Å². The van der Waals surface area contributed by atoms with Crippen LogP contribution in [-0.2, 0) is 11.3 Å². The van der Waals surface area contributed by atoms with Crippen molar-refractivity contribution in [1.82, 2.24) is 9.55 Å². The van der Waals surface area contributed by atoms with Crippen molar-refractivity contribution in [1.29, 1.82) is 0 Å². The molecule has 7 nitrogen and oxygen atoms in total. The van der Waals surface area contributed by atoms with E-state index in [0.29, 0.717) is 41.3 Å². The molecule has 2 heterocycles. The van der Waals surface area contributed by atoms with E-state index in [1.54, 1.807) is 30.3 Å². The lowest BCUT2D eigenvalue weighted by atomic mass is 10.2. The molecular formula is C20H19N3O4. The van der Waals surface area contributed by atoms with Gasteiger partial charge in [-0.2, -0.15) is 0 Å². The minimum Gasteiger partial charge on any atom is -0.490 e. The number of hydrogen-bond acceptors (Lipinski definition) is 5. The molecule has 0 fully saturated rings. The molecule has 1 N–H and O–H groups in total. The molecule has 1 aliphatic heterocycles. The molecule has 27 heavy (non-hydrogen) atoms. The van der Waals surface area contributed by atoms with Crippen molar-refractivity contribution in [3.05, 3.63) is 58.6 Å². The Hall–Kier alpha value is -3.35. The van der Waals surface area contributed by atoms with Gasteiger partial charge in [-0.1, -0.05) is 11.6 Å². The first-order chi connectivity index (χ1) is 13.1. The number of ether oxygens (including phenoxy) is 2. The van der Waals surface area contributed by atoms with E-state index in [2.05, 4.69) is 10.3 Å². The summed E-state index contributed by atoms with van der Waals surface area (Å²) in [6, 6.07) is 10.7. The number of carbonyl (C=O) groups is 1. The molecule has 3 aromatic rings. The van der Waals surface area contributed by atoms with Crippen LogP contribution >= 0.6 is 0 Å². The fourth-order valence-electron chi connectivity index (χ4n) is 2.98. The fraction of sp³-hybridized carbons (Fsp3) is 0.250. The van der Waals surface area contributed by atoms with Gasteiger partial charge in [0.25, 0.3) is 5.56 Å². The van der Waals surface area contributed by atoms with E-state index in [1.807, 2.05) is 13.0 Å². The van der Waals surface area contributed by atoms with Crippen LogP contribution in [0.5, 0.6) is 11.5 Å². The van der Waals surface area contributed by atoms with Crippen molar-refractivity contribution >= 4 is 22.5 Å². The molecule has 0 unspecified atom stereocenters. The first-order valence-corrected chi connectivity index (χ1v) is 8.75. The topological polar surface area (TPSA) is 82.5 Å². The number of nitrogens with one attached hydrogen (secondary N) is 1. The van der Waals surface area contributed by atoms with Crippen molar-refractivity contribution in [3.8, 4) is 11.5 Å². The highest BCUT2D eigenvalue weighted by atomic mass is 16.5. The number of benzene rings is 2. The molecule has 2 aromatic carbocycles. The Bertz CT molecular complexity index is 1070. The van der Waals surface area contributed by atoms with E-state index < -0.39 is 0 Å². The number of rotatable bonds is 3. The average molecular weight is 365 g/mol. The first-order valence-electron chi connectivity index (χ1n) is 8.75. The van der Waals surface area contributed by atoms with E-state index in [-0.39, 0.29) is 18.0 Å². The van der Waals surface area contributed by atoms with Crippen LogP contribution in [0.4, 0.5) is 5.69 Å². The SMILES string of the molecule is Cc1ccc2ncn(CC(=O)Nc3ccc4c(c3)OCCCO4)c(=O)c2c1. The standard InChI is InChI=1S/C20H19N3O4/c1-13-3-5-16-15(9-13)20(25)23(12-21-16)11-19(24)22-14-4-6-17-18(10-14)27-8-2-7-26-17/h3-6,9-10,12H,2,7-8,11H2,1H3,(H,22,24). The number of carbonyl (C=O) groups excluding carboxylic acids is 1. The van der Waals surface area contributed by atoms with Crippen LogP contribution in [0.2, 0.25) is 0 Å². The Morgan fingerprint density at radius 3 is 2.81 bits per heavy atom. The maximum Gasteiger partial charge on any atom is 0.261 e. The normalized spacial score (nSPS) is 13.2. The molecule has 0 saturated heterocycles. The van der Waals surface area contributed by atoms with Crippen LogP contribution < -0.4 is 20.3 Å². The second-order valence-electron chi connectivity index (χ2n) is 6.46. The molecule has 0 bridgehead atoms. The third-order valence-electron chi connectivity index (χ3n) is 4.32. The second-order valence-corrected chi connectivity index (χ2v) is 6.46. The van der Waals surface area contributed by atoms with Crippen LogP contribution in [0.1, 0.15) is 12.0 Å². The van der Waals surface area contributed by atoms with Gasteiger partial charge in [-0.25, -0.2) is 4.98 Å². The van der Waals surface area contributed by atoms with Gasteiger partial charge < -0.3 is 14.8 Å². The Morgan fingerprint density at radius 1 is 1.15 bits per heavy atom. The van der Waals surface area contributed by atoms with Gasteiger partial charge in [-0.3, -0.25) is 14.2 Å². The van der Waals surface area contributed by atoms with Crippen molar-refractivity contribution < 1.29 is 14.3 Å². The van der Waals surface area contributed by atoms with Crippen molar-refractivity contribution in [2.45, 2.75) is 19.9 Å². The zero-order chi connectivity index (χ0) is 18.8. The van der Waals surface area contributed by atoms with Gasteiger partial charge in [0, 0.05) is 18.2 Å². The van der Waals surface area contributed by atoms with E-state index in [4.69, 9.17) is 9.47 Å². The van der Waals surface area contributed by atoms with Crippen molar-refractivity contribution in [3.63, 3.8) is 0 Å². The van der Waals surface area contributed by atoms with Crippen LogP contribution in [0.3, 0.4) is 0 Å². The second kappa shape index (κ2) is 7.11. The zero-order valence-electron chi connectivity index (χ0n) is 14.9. The number of nitrogens with zero attached hydrogens (tertiary/aromatic N) is 2. The van der Waals surface area contributed by atoms with Gasteiger partial charge in [0.15, 0.2) is 11.5 Å². The molecule has 0 aliphatic carbocycles. The smallest absolute Gasteiger partial charge is 0.261 e.